The maximum atomic E-state index is 11.7. The Morgan fingerprint density at radius 1 is 0.974 bits per heavy atom. The van der Waals surface area contributed by atoms with Crippen LogP contribution in [0.25, 0.3) is 0 Å². The summed E-state index contributed by atoms with van der Waals surface area (Å²) >= 11 is 0. The van der Waals surface area contributed by atoms with E-state index in [0.29, 0.717) is 31.3 Å². The normalized spacial score (nSPS) is 18.8. The van der Waals surface area contributed by atoms with Gasteiger partial charge in [0.1, 0.15) is 11.6 Å². The van der Waals surface area contributed by atoms with E-state index < -0.39 is 6.10 Å². The molecule has 1 atom stereocenters. The number of fused-ring (bicyclic) bond motifs is 2. The second-order valence-electron chi connectivity index (χ2n) is 12.1. The van der Waals surface area contributed by atoms with Gasteiger partial charge in [0.05, 0.1) is 44.2 Å². The molecular formula is C32H45N3O4. The molecule has 5 rings (SSSR count). The second kappa shape index (κ2) is 10.6. The summed E-state index contributed by atoms with van der Waals surface area (Å²) in [4.78, 5) is 4.52. The van der Waals surface area contributed by atoms with Crippen molar-refractivity contribution in [3.8, 4) is 17.2 Å². The van der Waals surface area contributed by atoms with Crippen LogP contribution < -0.4 is 19.1 Å². The van der Waals surface area contributed by atoms with Crippen molar-refractivity contribution in [2.45, 2.75) is 83.8 Å². The van der Waals surface area contributed by atoms with Crippen LogP contribution >= 0.6 is 0 Å². The first kappa shape index (κ1) is 27.6. The molecule has 2 heterocycles. The smallest absolute Gasteiger partial charge is 0.161 e. The number of piperidine rings is 1. The molecule has 1 saturated heterocycles. The molecule has 2 aromatic carbocycles. The number of anilines is 1. The number of nitrogens with zero attached hydrogens (tertiary/aromatic N) is 2. The van der Waals surface area contributed by atoms with Gasteiger partial charge in [-0.2, -0.15) is 0 Å². The molecule has 2 fully saturated rings. The fourth-order valence-corrected chi connectivity index (χ4v) is 6.35. The number of ether oxygens (including phenoxy) is 3. The molecular weight excluding hydrogens is 490 g/mol. The fourth-order valence-electron chi connectivity index (χ4n) is 6.35. The Balaban J connectivity index is 1.50. The summed E-state index contributed by atoms with van der Waals surface area (Å²) in [5.74, 6) is 2.77. The summed E-state index contributed by atoms with van der Waals surface area (Å²) in [5, 5.41) is 20.9. The zero-order valence-electron chi connectivity index (χ0n) is 24.5. The minimum atomic E-state index is -0.745. The Hall–Kier alpha value is -2.93. The summed E-state index contributed by atoms with van der Waals surface area (Å²) in [5.41, 5.74) is 4.65. The fraction of sp³-hybridized carbons (Fsp3) is 0.594. The number of methoxy groups -OCH3 is 1. The van der Waals surface area contributed by atoms with Gasteiger partial charge >= 0.3 is 0 Å². The van der Waals surface area contributed by atoms with Crippen LogP contribution in [0.4, 0.5) is 5.69 Å². The average molecular weight is 536 g/mol. The van der Waals surface area contributed by atoms with Crippen LogP contribution in [0.3, 0.4) is 0 Å². The van der Waals surface area contributed by atoms with Crippen LogP contribution in [0.5, 0.6) is 17.2 Å². The number of nitrogens with one attached hydrogen (secondary N) is 1. The molecule has 1 aliphatic carbocycles. The molecule has 2 aromatic rings. The van der Waals surface area contributed by atoms with Crippen molar-refractivity contribution in [2.75, 3.05) is 44.9 Å². The quantitative estimate of drug-likeness (QED) is 0.401. The van der Waals surface area contributed by atoms with Gasteiger partial charge in [-0.25, -0.2) is 0 Å². The van der Waals surface area contributed by atoms with Crippen LogP contribution in [0.1, 0.15) is 95.1 Å². The predicted molar refractivity (Wildman–Crippen MR) is 156 cm³/mol. The van der Waals surface area contributed by atoms with E-state index in [1.165, 1.54) is 19.3 Å². The number of aliphatic hydroxyl groups is 1. The SMILES string of the molecule is CCOc1cc2c(cc1OCC)C1(CC1)N(CC(O)c1cc(N3CCCCC3)c(OC)c(C(C)(C)C)c1)C2=N. The van der Waals surface area contributed by atoms with E-state index in [4.69, 9.17) is 19.6 Å². The van der Waals surface area contributed by atoms with Gasteiger partial charge in [0.25, 0.3) is 0 Å². The number of β-amino-alcohol motifs (C(OH)–C–C–N with tert-alkyl or cyclic N) is 1. The van der Waals surface area contributed by atoms with E-state index in [1.807, 2.05) is 19.9 Å². The van der Waals surface area contributed by atoms with Crippen LogP contribution in [-0.2, 0) is 11.0 Å². The number of rotatable bonds is 9. The highest BCUT2D eigenvalue weighted by atomic mass is 16.5. The molecule has 7 nitrogen and oxygen atoms in total. The molecule has 2 aliphatic heterocycles. The third-order valence-corrected chi connectivity index (χ3v) is 8.49. The van der Waals surface area contributed by atoms with Crippen molar-refractivity contribution in [3.05, 3.63) is 46.5 Å². The molecule has 39 heavy (non-hydrogen) atoms. The Morgan fingerprint density at radius 3 is 2.18 bits per heavy atom. The number of hydrogen-bond donors (Lipinski definition) is 2. The van der Waals surface area contributed by atoms with Crippen LogP contribution in [0.2, 0.25) is 0 Å². The third kappa shape index (κ3) is 4.94. The van der Waals surface area contributed by atoms with E-state index in [2.05, 4.69) is 48.8 Å². The topological polar surface area (TPSA) is 78.2 Å². The Kier molecular flexibility index (Phi) is 7.49. The lowest BCUT2D eigenvalue weighted by Crippen LogP contribution is -2.37. The van der Waals surface area contributed by atoms with Crippen LogP contribution in [0, 0.1) is 5.41 Å². The summed E-state index contributed by atoms with van der Waals surface area (Å²) in [7, 11) is 1.75. The zero-order valence-corrected chi connectivity index (χ0v) is 24.5. The molecule has 3 aliphatic rings. The highest BCUT2D eigenvalue weighted by molar-refractivity contribution is 6.03. The first-order valence-electron chi connectivity index (χ1n) is 14.6. The van der Waals surface area contributed by atoms with Gasteiger partial charge in [-0.1, -0.05) is 20.8 Å². The number of aliphatic hydroxyl groups excluding tert-OH is 1. The first-order valence-corrected chi connectivity index (χ1v) is 14.6. The van der Waals surface area contributed by atoms with E-state index in [0.717, 1.165) is 65.4 Å². The van der Waals surface area contributed by atoms with Gasteiger partial charge in [-0.3, -0.25) is 5.41 Å². The van der Waals surface area contributed by atoms with Crippen molar-refractivity contribution >= 4 is 11.5 Å². The molecule has 7 heteroatoms. The van der Waals surface area contributed by atoms with Gasteiger partial charge in [-0.05, 0) is 86.8 Å². The lowest BCUT2D eigenvalue weighted by molar-refractivity contribution is 0.124. The molecule has 0 aromatic heterocycles. The summed E-state index contributed by atoms with van der Waals surface area (Å²) < 4.78 is 17.8. The largest absolute Gasteiger partial charge is 0.494 e. The lowest BCUT2D eigenvalue weighted by Gasteiger charge is -2.34. The van der Waals surface area contributed by atoms with Crippen molar-refractivity contribution in [1.29, 1.82) is 5.41 Å². The minimum Gasteiger partial charge on any atom is -0.494 e. The second-order valence-corrected chi connectivity index (χ2v) is 12.1. The number of amidine groups is 1. The molecule has 0 radical (unpaired) electrons. The van der Waals surface area contributed by atoms with E-state index in [1.54, 1.807) is 7.11 Å². The average Bonchev–Trinajstić information content (AvgIpc) is 3.69. The van der Waals surface area contributed by atoms with Gasteiger partial charge in [-0.15, -0.1) is 0 Å². The zero-order chi connectivity index (χ0) is 27.9. The van der Waals surface area contributed by atoms with Crippen LogP contribution in [0.15, 0.2) is 24.3 Å². The first-order chi connectivity index (χ1) is 18.6. The monoisotopic (exact) mass is 535 g/mol. The number of benzene rings is 2. The van der Waals surface area contributed by atoms with Crippen molar-refractivity contribution in [1.82, 2.24) is 4.90 Å². The molecule has 1 saturated carbocycles. The standard InChI is InChI=1S/C32H45N3O4/c1-7-38-27-18-22-23(19-28(27)39-8-2)32(12-13-32)35(30(22)33)20-26(36)21-16-24(31(3,4)5)29(37-6)25(17-21)34-14-10-9-11-15-34/h16-19,26,33,36H,7-15,20H2,1-6H3. The highest BCUT2D eigenvalue weighted by Crippen LogP contribution is 2.58. The van der Waals surface area contributed by atoms with E-state index >= 15 is 0 Å². The molecule has 1 spiro atoms. The molecule has 0 amide bonds. The summed E-state index contributed by atoms with van der Waals surface area (Å²) in [6.45, 7) is 14.0. The van der Waals surface area contributed by atoms with Gasteiger partial charge in [0, 0.05) is 24.2 Å². The van der Waals surface area contributed by atoms with Crippen molar-refractivity contribution in [3.63, 3.8) is 0 Å². The lowest BCUT2D eigenvalue weighted by atomic mass is 9.84. The Labute approximate surface area is 233 Å². The molecule has 0 bridgehead atoms. The maximum absolute atomic E-state index is 11.7. The van der Waals surface area contributed by atoms with Crippen molar-refractivity contribution < 1.29 is 19.3 Å². The molecule has 2 N–H and O–H groups in total. The Bertz CT molecular complexity index is 1220. The van der Waals surface area contributed by atoms with E-state index in [9.17, 15) is 5.11 Å². The number of hydrogen-bond acceptors (Lipinski definition) is 6. The Morgan fingerprint density at radius 2 is 1.62 bits per heavy atom. The summed E-state index contributed by atoms with van der Waals surface area (Å²) in [6, 6.07) is 8.26. The van der Waals surface area contributed by atoms with E-state index in [-0.39, 0.29) is 11.0 Å². The summed E-state index contributed by atoms with van der Waals surface area (Å²) in [6.07, 6.45) is 4.76. The van der Waals surface area contributed by atoms with Crippen molar-refractivity contribution in [2.24, 2.45) is 0 Å². The third-order valence-electron chi connectivity index (χ3n) is 8.49. The van der Waals surface area contributed by atoms with Gasteiger partial charge in [0.2, 0.25) is 0 Å². The predicted octanol–water partition coefficient (Wildman–Crippen LogP) is 6.14. The molecule has 212 valence electrons. The minimum absolute atomic E-state index is 0.148. The molecule has 1 unspecified atom stereocenters. The van der Waals surface area contributed by atoms with Gasteiger partial charge < -0.3 is 29.1 Å². The maximum Gasteiger partial charge on any atom is 0.161 e. The van der Waals surface area contributed by atoms with Gasteiger partial charge in [0.15, 0.2) is 11.5 Å². The highest BCUT2D eigenvalue weighted by Gasteiger charge is 2.57. The van der Waals surface area contributed by atoms with Crippen LogP contribution in [-0.4, -0.2) is 55.8 Å².